The van der Waals surface area contributed by atoms with Crippen molar-refractivity contribution in [2.24, 2.45) is 4.99 Å². The Labute approximate surface area is 173 Å². The first-order chi connectivity index (χ1) is 13.9. The summed E-state index contributed by atoms with van der Waals surface area (Å²) in [5.41, 5.74) is 0.774. The fourth-order valence-corrected chi connectivity index (χ4v) is 2.96. The van der Waals surface area contributed by atoms with E-state index in [2.05, 4.69) is 15.6 Å². The Kier molecular flexibility index (Phi) is 8.54. The van der Waals surface area contributed by atoms with Gasteiger partial charge in [-0.05, 0) is 51.5 Å². The Balaban J connectivity index is 1.96. The highest BCUT2D eigenvalue weighted by atomic mass is 16.5. The fraction of sp³-hybridized carbons (Fsp3) is 0.500. The molecule has 0 aliphatic heterocycles. The third-order valence-corrected chi connectivity index (χ3v) is 4.46. The number of aliphatic imine (C=N–C) groups is 1. The smallest absolute Gasteiger partial charge is 0.191 e. The Morgan fingerprint density at radius 1 is 1.17 bits per heavy atom. The highest BCUT2D eigenvalue weighted by Crippen LogP contribution is 2.26. The number of furan rings is 1. The first-order valence-electron chi connectivity index (χ1n) is 9.88. The van der Waals surface area contributed by atoms with E-state index in [0.29, 0.717) is 32.3 Å². The maximum absolute atomic E-state index is 10.9. The summed E-state index contributed by atoms with van der Waals surface area (Å²) in [6.45, 7) is 10.1. The second-order valence-corrected chi connectivity index (χ2v) is 7.13. The molecule has 0 bridgehead atoms. The van der Waals surface area contributed by atoms with E-state index in [-0.39, 0.29) is 0 Å². The van der Waals surface area contributed by atoms with Crippen molar-refractivity contribution < 1.29 is 19.0 Å². The molecular formula is C22H33N3O4. The lowest BCUT2D eigenvalue weighted by atomic mass is 9.96. The lowest BCUT2D eigenvalue weighted by Crippen LogP contribution is -2.44. The van der Waals surface area contributed by atoms with Crippen molar-refractivity contribution in [3.63, 3.8) is 0 Å². The molecule has 0 aliphatic carbocycles. The molecule has 1 heterocycles. The number of aryl methyl sites for hydroxylation is 2. The van der Waals surface area contributed by atoms with Crippen molar-refractivity contribution in [3.05, 3.63) is 53.0 Å². The number of guanidine groups is 1. The van der Waals surface area contributed by atoms with Gasteiger partial charge in [-0.15, -0.1) is 0 Å². The number of nitrogens with one attached hydrogen (secondary N) is 2. The van der Waals surface area contributed by atoms with Gasteiger partial charge in [-0.3, -0.25) is 0 Å². The first kappa shape index (κ1) is 22.8. The molecule has 2 rings (SSSR count). The molecule has 1 atom stereocenters. The Morgan fingerprint density at radius 2 is 1.90 bits per heavy atom. The number of aliphatic hydroxyl groups is 1. The highest BCUT2D eigenvalue weighted by molar-refractivity contribution is 5.79. The van der Waals surface area contributed by atoms with Crippen molar-refractivity contribution in [2.45, 2.75) is 39.8 Å². The normalized spacial score (nSPS) is 13.8. The van der Waals surface area contributed by atoms with E-state index in [4.69, 9.17) is 13.9 Å². The van der Waals surface area contributed by atoms with Gasteiger partial charge in [0.2, 0.25) is 0 Å². The van der Waals surface area contributed by atoms with Crippen LogP contribution in [0.25, 0.3) is 0 Å². The van der Waals surface area contributed by atoms with Crippen LogP contribution in [-0.4, -0.2) is 44.5 Å². The molecule has 0 fully saturated rings. The second-order valence-electron chi connectivity index (χ2n) is 7.13. The van der Waals surface area contributed by atoms with E-state index >= 15 is 0 Å². The number of benzene rings is 1. The van der Waals surface area contributed by atoms with Gasteiger partial charge in [0.25, 0.3) is 0 Å². The Bertz CT molecular complexity index is 782. The third kappa shape index (κ3) is 7.11. The molecule has 1 unspecified atom stereocenters. The molecule has 0 aliphatic rings. The second kappa shape index (κ2) is 10.9. The number of ether oxygens (including phenoxy) is 2. The number of nitrogens with zero attached hydrogens (tertiary/aromatic N) is 1. The number of hydrogen-bond acceptors (Lipinski definition) is 5. The van der Waals surface area contributed by atoms with Gasteiger partial charge in [-0.1, -0.05) is 12.1 Å². The molecule has 0 radical (unpaired) electrons. The van der Waals surface area contributed by atoms with Crippen LogP contribution in [0.4, 0.5) is 0 Å². The molecule has 1 aromatic heterocycles. The molecule has 1 aromatic carbocycles. The molecular weight excluding hydrogens is 370 g/mol. The van der Waals surface area contributed by atoms with E-state index in [9.17, 15) is 5.11 Å². The zero-order valence-corrected chi connectivity index (χ0v) is 18.0. The van der Waals surface area contributed by atoms with Crippen LogP contribution < -0.4 is 15.4 Å². The average Bonchev–Trinajstić information content (AvgIpc) is 3.04. The van der Waals surface area contributed by atoms with Gasteiger partial charge in [0.1, 0.15) is 29.5 Å². The standard InChI is InChI=1S/C22H33N3O4/c1-6-23-21(25-15-22(4,26)20-13-16(2)29-17(20)3)24-14-18-7-9-19(10-8-18)28-12-11-27-5/h7-10,13,26H,6,11-12,14-15H2,1-5H3,(H2,23,24,25). The molecule has 0 saturated carbocycles. The largest absolute Gasteiger partial charge is 0.491 e. The fourth-order valence-electron chi connectivity index (χ4n) is 2.96. The van der Waals surface area contributed by atoms with Gasteiger partial charge in [0, 0.05) is 19.2 Å². The predicted molar refractivity (Wildman–Crippen MR) is 114 cm³/mol. The lowest BCUT2D eigenvalue weighted by molar-refractivity contribution is 0.0601. The maximum Gasteiger partial charge on any atom is 0.191 e. The van der Waals surface area contributed by atoms with Gasteiger partial charge >= 0.3 is 0 Å². The highest BCUT2D eigenvalue weighted by Gasteiger charge is 2.27. The summed E-state index contributed by atoms with van der Waals surface area (Å²) >= 11 is 0. The summed E-state index contributed by atoms with van der Waals surface area (Å²) in [7, 11) is 1.65. The number of rotatable bonds is 10. The maximum atomic E-state index is 10.9. The topological polar surface area (TPSA) is 88.3 Å². The zero-order chi connectivity index (χ0) is 21.3. The van der Waals surface area contributed by atoms with E-state index in [0.717, 1.165) is 34.9 Å². The summed E-state index contributed by atoms with van der Waals surface area (Å²) in [4.78, 5) is 4.61. The molecule has 29 heavy (non-hydrogen) atoms. The summed E-state index contributed by atoms with van der Waals surface area (Å²) in [6.07, 6.45) is 0. The average molecular weight is 404 g/mol. The van der Waals surface area contributed by atoms with Crippen molar-refractivity contribution in [3.8, 4) is 5.75 Å². The summed E-state index contributed by atoms with van der Waals surface area (Å²) < 4.78 is 16.1. The molecule has 0 amide bonds. The third-order valence-electron chi connectivity index (χ3n) is 4.46. The van der Waals surface area contributed by atoms with Crippen LogP contribution in [0.15, 0.2) is 39.7 Å². The van der Waals surface area contributed by atoms with Crippen LogP contribution in [0.5, 0.6) is 5.75 Å². The minimum atomic E-state index is -1.07. The molecule has 160 valence electrons. The quantitative estimate of drug-likeness (QED) is 0.321. The summed E-state index contributed by atoms with van der Waals surface area (Å²) in [5.74, 6) is 2.96. The molecule has 0 saturated heterocycles. The molecule has 2 aromatic rings. The lowest BCUT2D eigenvalue weighted by Gasteiger charge is -2.24. The molecule has 7 heteroatoms. The van der Waals surface area contributed by atoms with Crippen molar-refractivity contribution >= 4 is 5.96 Å². The van der Waals surface area contributed by atoms with E-state index in [1.165, 1.54) is 0 Å². The van der Waals surface area contributed by atoms with Gasteiger partial charge in [-0.25, -0.2) is 4.99 Å². The minimum absolute atomic E-state index is 0.310. The van der Waals surface area contributed by atoms with Gasteiger partial charge < -0.3 is 29.6 Å². The monoisotopic (exact) mass is 403 g/mol. The van der Waals surface area contributed by atoms with Gasteiger partial charge in [0.15, 0.2) is 5.96 Å². The van der Waals surface area contributed by atoms with E-state index in [1.807, 2.05) is 51.1 Å². The predicted octanol–water partition coefficient (Wildman–Crippen LogP) is 2.88. The van der Waals surface area contributed by atoms with E-state index in [1.54, 1.807) is 14.0 Å². The molecule has 7 nitrogen and oxygen atoms in total. The van der Waals surface area contributed by atoms with Crippen molar-refractivity contribution in [1.29, 1.82) is 0 Å². The van der Waals surface area contributed by atoms with Crippen LogP contribution in [-0.2, 0) is 16.9 Å². The molecule has 3 N–H and O–H groups in total. The van der Waals surface area contributed by atoms with Crippen molar-refractivity contribution in [1.82, 2.24) is 10.6 Å². The Hall–Kier alpha value is -2.51. The Morgan fingerprint density at radius 3 is 2.48 bits per heavy atom. The van der Waals surface area contributed by atoms with Gasteiger partial charge in [-0.2, -0.15) is 0 Å². The van der Waals surface area contributed by atoms with Crippen LogP contribution in [0.2, 0.25) is 0 Å². The van der Waals surface area contributed by atoms with E-state index < -0.39 is 5.60 Å². The zero-order valence-electron chi connectivity index (χ0n) is 18.0. The molecule has 0 spiro atoms. The van der Waals surface area contributed by atoms with Crippen LogP contribution >= 0.6 is 0 Å². The van der Waals surface area contributed by atoms with Crippen LogP contribution in [0, 0.1) is 13.8 Å². The van der Waals surface area contributed by atoms with Crippen LogP contribution in [0.3, 0.4) is 0 Å². The van der Waals surface area contributed by atoms with Crippen LogP contribution in [0.1, 0.15) is 36.5 Å². The summed E-state index contributed by atoms with van der Waals surface area (Å²) in [5, 5.41) is 17.3. The SMILES string of the molecule is CCNC(=NCc1ccc(OCCOC)cc1)NCC(C)(O)c1cc(C)oc1C. The van der Waals surface area contributed by atoms with Crippen molar-refractivity contribution in [2.75, 3.05) is 33.4 Å². The summed E-state index contributed by atoms with van der Waals surface area (Å²) in [6, 6.07) is 9.70. The number of methoxy groups -OCH3 is 1. The first-order valence-corrected chi connectivity index (χ1v) is 9.88. The minimum Gasteiger partial charge on any atom is -0.491 e. The van der Waals surface area contributed by atoms with Gasteiger partial charge in [0.05, 0.1) is 19.7 Å². The number of hydrogen-bond donors (Lipinski definition) is 3.